The van der Waals surface area contributed by atoms with Gasteiger partial charge in [-0.25, -0.2) is 14.4 Å². The van der Waals surface area contributed by atoms with E-state index in [0.29, 0.717) is 23.1 Å². The van der Waals surface area contributed by atoms with Crippen LogP contribution in [-0.4, -0.2) is 33.6 Å². The number of carbonyl (C=O) groups is 1. The molecular formula is C18H19ClFN3O2. The molecular weight excluding hydrogens is 345 g/mol. The quantitative estimate of drug-likeness (QED) is 0.756. The third-order valence-electron chi connectivity index (χ3n) is 4.30. The van der Waals surface area contributed by atoms with Gasteiger partial charge in [0.1, 0.15) is 17.9 Å². The highest BCUT2D eigenvalue weighted by atomic mass is 35.5. The lowest BCUT2D eigenvalue weighted by molar-refractivity contribution is 0.0715. The SMILES string of the molecule is Cc1nc(OCC(C)F)ccc1C(C)N1Cc2c(ccnc2Cl)C1=O. The maximum Gasteiger partial charge on any atom is 0.255 e. The van der Waals surface area contributed by atoms with Crippen LogP contribution in [-0.2, 0) is 6.54 Å². The van der Waals surface area contributed by atoms with Crippen LogP contribution in [0.3, 0.4) is 0 Å². The predicted octanol–water partition coefficient (Wildman–Crippen LogP) is 3.89. The largest absolute Gasteiger partial charge is 0.475 e. The molecule has 5 nitrogen and oxygen atoms in total. The third kappa shape index (κ3) is 3.44. The van der Waals surface area contributed by atoms with E-state index in [2.05, 4.69) is 9.97 Å². The van der Waals surface area contributed by atoms with Crippen molar-refractivity contribution in [2.45, 2.75) is 39.5 Å². The van der Waals surface area contributed by atoms with E-state index < -0.39 is 6.17 Å². The zero-order valence-corrected chi connectivity index (χ0v) is 15.0. The molecule has 2 aromatic heterocycles. The lowest BCUT2D eigenvalue weighted by Gasteiger charge is -2.25. The van der Waals surface area contributed by atoms with E-state index in [4.69, 9.17) is 16.3 Å². The molecule has 0 spiro atoms. The van der Waals surface area contributed by atoms with Crippen LogP contribution >= 0.6 is 11.6 Å². The number of pyridine rings is 2. The molecule has 2 unspecified atom stereocenters. The van der Waals surface area contributed by atoms with Crippen LogP contribution in [0.5, 0.6) is 5.88 Å². The Labute approximate surface area is 150 Å². The number of amides is 1. The molecule has 0 saturated heterocycles. The summed E-state index contributed by atoms with van der Waals surface area (Å²) in [5, 5.41) is 0.361. The molecule has 0 aromatic carbocycles. The molecule has 1 aliphatic rings. The summed E-state index contributed by atoms with van der Waals surface area (Å²) in [5.74, 6) is 0.305. The van der Waals surface area contributed by atoms with Crippen molar-refractivity contribution in [3.8, 4) is 5.88 Å². The van der Waals surface area contributed by atoms with E-state index in [1.165, 1.54) is 13.1 Å². The molecule has 7 heteroatoms. The Bertz CT molecular complexity index is 813. The zero-order chi connectivity index (χ0) is 18.1. The second kappa shape index (κ2) is 6.96. The number of hydrogen-bond acceptors (Lipinski definition) is 4. The molecule has 2 aromatic rings. The first-order valence-electron chi connectivity index (χ1n) is 8.07. The average molecular weight is 364 g/mol. The monoisotopic (exact) mass is 363 g/mol. The van der Waals surface area contributed by atoms with Gasteiger partial charge in [-0.15, -0.1) is 0 Å². The van der Waals surface area contributed by atoms with E-state index in [0.717, 1.165) is 16.8 Å². The number of halogens is 2. The van der Waals surface area contributed by atoms with Crippen molar-refractivity contribution >= 4 is 17.5 Å². The van der Waals surface area contributed by atoms with Crippen molar-refractivity contribution in [1.82, 2.24) is 14.9 Å². The first kappa shape index (κ1) is 17.6. The molecule has 1 aliphatic heterocycles. The van der Waals surface area contributed by atoms with E-state index in [-0.39, 0.29) is 18.6 Å². The molecule has 25 heavy (non-hydrogen) atoms. The molecule has 3 rings (SSSR count). The van der Waals surface area contributed by atoms with Crippen molar-refractivity contribution in [3.05, 3.63) is 51.9 Å². The Kier molecular flexibility index (Phi) is 4.90. The van der Waals surface area contributed by atoms with Gasteiger partial charge in [0.25, 0.3) is 5.91 Å². The van der Waals surface area contributed by atoms with Crippen molar-refractivity contribution in [3.63, 3.8) is 0 Å². The maximum atomic E-state index is 12.9. The number of carbonyl (C=O) groups excluding carboxylic acids is 1. The Morgan fingerprint density at radius 3 is 2.76 bits per heavy atom. The van der Waals surface area contributed by atoms with Gasteiger partial charge in [-0.3, -0.25) is 4.79 Å². The van der Waals surface area contributed by atoms with Gasteiger partial charge in [0.15, 0.2) is 0 Å². The van der Waals surface area contributed by atoms with Crippen LogP contribution in [0.25, 0.3) is 0 Å². The zero-order valence-electron chi connectivity index (χ0n) is 14.3. The number of rotatable bonds is 5. The summed E-state index contributed by atoms with van der Waals surface area (Å²) in [7, 11) is 0. The fraction of sp³-hybridized carbons (Fsp3) is 0.389. The molecule has 0 aliphatic carbocycles. The van der Waals surface area contributed by atoms with Gasteiger partial charge in [-0.2, -0.15) is 0 Å². The fourth-order valence-corrected chi connectivity index (χ4v) is 3.18. The lowest BCUT2D eigenvalue weighted by atomic mass is 10.1. The number of ether oxygens (including phenoxy) is 1. The molecule has 0 bridgehead atoms. The first-order chi connectivity index (χ1) is 11.9. The highest BCUT2D eigenvalue weighted by Crippen LogP contribution is 2.34. The van der Waals surface area contributed by atoms with Crippen molar-refractivity contribution < 1.29 is 13.9 Å². The Balaban J connectivity index is 1.81. The van der Waals surface area contributed by atoms with Crippen molar-refractivity contribution in [1.29, 1.82) is 0 Å². The Hall–Kier alpha value is -2.21. The van der Waals surface area contributed by atoms with Gasteiger partial charge in [0.2, 0.25) is 5.88 Å². The number of alkyl halides is 1. The van der Waals surface area contributed by atoms with E-state index in [1.54, 1.807) is 17.0 Å². The van der Waals surface area contributed by atoms with Crippen LogP contribution in [0.1, 0.15) is 47.1 Å². The van der Waals surface area contributed by atoms with Gasteiger partial charge in [-0.1, -0.05) is 11.6 Å². The van der Waals surface area contributed by atoms with E-state index in [1.807, 2.05) is 19.9 Å². The summed E-state index contributed by atoms with van der Waals surface area (Å²) < 4.78 is 18.2. The van der Waals surface area contributed by atoms with Crippen molar-refractivity contribution in [2.75, 3.05) is 6.61 Å². The third-order valence-corrected chi connectivity index (χ3v) is 4.63. The average Bonchev–Trinajstić information content (AvgIpc) is 2.91. The standard InChI is InChI=1S/C18H19ClFN3O2/c1-10(20)9-25-16-5-4-13(11(2)22-16)12(3)23-8-15-14(18(23)24)6-7-21-17(15)19/h4-7,10,12H,8-9H2,1-3H3. The van der Waals surface area contributed by atoms with E-state index in [9.17, 15) is 9.18 Å². The maximum absolute atomic E-state index is 12.9. The van der Waals surface area contributed by atoms with Crippen LogP contribution < -0.4 is 4.74 Å². The van der Waals surface area contributed by atoms with Crippen LogP contribution in [0.4, 0.5) is 4.39 Å². The summed E-state index contributed by atoms with van der Waals surface area (Å²) in [6.45, 7) is 5.60. The first-order valence-corrected chi connectivity index (χ1v) is 8.45. The number of hydrogen-bond donors (Lipinski definition) is 0. The normalized spacial score (nSPS) is 15.9. The smallest absolute Gasteiger partial charge is 0.255 e. The summed E-state index contributed by atoms with van der Waals surface area (Å²) in [6.07, 6.45) is 0.484. The second-order valence-electron chi connectivity index (χ2n) is 6.15. The summed E-state index contributed by atoms with van der Waals surface area (Å²) >= 11 is 6.11. The second-order valence-corrected chi connectivity index (χ2v) is 6.51. The van der Waals surface area contributed by atoms with Gasteiger partial charge in [-0.05, 0) is 38.5 Å². The summed E-state index contributed by atoms with van der Waals surface area (Å²) in [5.41, 5.74) is 2.99. The van der Waals surface area contributed by atoms with Gasteiger partial charge < -0.3 is 9.64 Å². The number of fused-ring (bicyclic) bond motifs is 1. The Morgan fingerprint density at radius 2 is 2.12 bits per heavy atom. The van der Waals surface area contributed by atoms with E-state index >= 15 is 0 Å². The van der Waals surface area contributed by atoms with Crippen LogP contribution in [0.15, 0.2) is 24.4 Å². The fourth-order valence-electron chi connectivity index (χ4n) is 2.97. The number of nitrogens with zero attached hydrogens (tertiary/aromatic N) is 3. The lowest BCUT2D eigenvalue weighted by Crippen LogP contribution is -2.28. The van der Waals surface area contributed by atoms with Crippen LogP contribution in [0, 0.1) is 6.92 Å². The Morgan fingerprint density at radius 1 is 1.36 bits per heavy atom. The minimum Gasteiger partial charge on any atom is -0.475 e. The molecule has 1 amide bonds. The molecule has 0 radical (unpaired) electrons. The summed E-state index contributed by atoms with van der Waals surface area (Å²) in [6, 6.07) is 5.07. The van der Waals surface area contributed by atoms with Gasteiger partial charge in [0.05, 0.1) is 12.6 Å². The summed E-state index contributed by atoms with van der Waals surface area (Å²) in [4.78, 5) is 22.8. The number of aromatic nitrogens is 2. The highest BCUT2D eigenvalue weighted by Gasteiger charge is 2.33. The topological polar surface area (TPSA) is 55.3 Å². The molecule has 3 heterocycles. The van der Waals surface area contributed by atoms with Gasteiger partial charge >= 0.3 is 0 Å². The molecule has 132 valence electrons. The van der Waals surface area contributed by atoms with Gasteiger partial charge in [0, 0.05) is 29.1 Å². The van der Waals surface area contributed by atoms with Crippen LogP contribution in [0.2, 0.25) is 5.15 Å². The predicted molar refractivity (Wildman–Crippen MR) is 92.6 cm³/mol. The highest BCUT2D eigenvalue weighted by molar-refractivity contribution is 6.30. The minimum atomic E-state index is -1.06. The van der Waals surface area contributed by atoms with Crippen molar-refractivity contribution in [2.24, 2.45) is 0 Å². The molecule has 2 atom stereocenters. The molecule has 0 N–H and O–H groups in total. The minimum absolute atomic E-state index is 0.0350. The molecule has 0 fully saturated rings. The molecule has 0 saturated carbocycles. The number of aryl methyl sites for hydroxylation is 1.